The molecule has 1 unspecified atom stereocenters. The third-order valence-corrected chi connectivity index (χ3v) is 2.78. The summed E-state index contributed by atoms with van der Waals surface area (Å²) < 4.78 is 0. The summed E-state index contributed by atoms with van der Waals surface area (Å²) in [4.78, 5) is 13.9. The molecule has 0 aromatic carbocycles. The van der Waals surface area contributed by atoms with Crippen molar-refractivity contribution >= 4 is 18.3 Å². The van der Waals surface area contributed by atoms with E-state index >= 15 is 0 Å². The molecule has 1 amide bonds. The van der Waals surface area contributed by atoms with Crippen LogP contribution in [0.2, 0.25) is 0 Å². The van der Waals surface area contributed by atoms with E-state index in [4.69, 9.17) is 0 Å². The van der Waals surface area contributed by atoms with E-state index in [1.54, 1.807) is 0 Å². The summed E-state index contributed by atoms with van der Waals surface area (Å²) in [5.74, 6) is 0.242. The summed E-state index contributed by atoms with van der Waals surface area (Å²) >= 11 is 0. The van der Waals surface area contributed by atoms with Crippen LogP contribution < -0.4 is 5.32 Å². The van der Waals surface area contributed by atoms with E-state index in [1.807, 2.05) is 32.7 Å². The van der Waals surface area contributed by atoms with Crippen LogP contribution in [0.3, 0.4) is 0 Å². The van der Waals surface area contributed by atoms with Crippen LogP contribution in [0.4, 0.5) is 0 Å². The summed E-state index contributed by atoms with van der Waals surface area (Å²) in [6, 6.07) is 0.385. The molecule has 0 aromatic heterocycles. The lowest BCUT2D eigenvalue weighted by molar-refractivity contribution is -0.140. The first-order chi connectivity index (χ1) is 6.43. The van der Waals surface area contributed by atoms with Crippen molar-refractivity contribution in [3.05, 3.63) is 0 Å². The molecular weight excluding hydrogens is 212 g/mol. The number of hydrogen-bond acceptors (Lipinski definition) is 2. The SMILES string of the molecule is CN(C(=O)C(C)(C)C)C1CCCNC1.Cl. The van der Waals surface area contributed by atoms with Gasteiger partial charge in [0, 0.05) is 25.0 Å². The molecule has 1 aliphatic heterocycles. The Morgan fingerprint density at radius 2 is 2.00 bits per heavy atom. The van der Waals surface area contributed by atoms with Crippen LogP contribution >= 0.6 is 12.4 Å². The lowest BCUT2D eigenvalue weighted by atomic mass is 9.93. The van der Waals surface area contributed by atoms with Gasteiger partial charge in [-0.05, 0) is 19.4 Å². The van der Waals surface area contributed by atoms with Gasteiger partial charge in [-0.15, -0.1) is 12.4 Å². The summed E-state index contributed by atoms with van der Waals surface area (Å²) in [6.07, 6.45) is 2.30. The number of halogens is 1. The average molecular weight is 235 g/mol. The number of nitrogens with one attached hydrogen (secondary N) is 1. The summed E-state index contributed by atoms with van der Waals surface area (Å²) in [7, 11) is 1.92. The minimum absolute atomic E-state index is 0. The van der Waals surface area contributed by atoms with Gasteiger partial charge in [0.1, 0.15) is 0 Å². The smallest absolute Gasteiger partial charge is 0.227 e. The van der Waals surface area contributed by atoms with Gasteiger partial charge < -0.3 is 10.2 Å². The Bertz CT molecular complexity index is 207. The first-order valence-electron chi connectivity index (χ1n) is 5.41. The van der Waals surface area contributed by atoms with Crippen molar-refractivity contribution in [3.8, 4) is 0 Å². The molecule has 0 aliphatic carbocycles. The molecule has 0 spiro atoms. The Balaban J connectivity index is 0.00000196. The van der Waals surface area contributed by atoms with Gasteiger partial charge in [0.25, 0.3) is 0 Å². The molecule has 4 heteroatoms. The Kier molecular flexibility index (Phi) is 5.60. The van der Waals surface area contributed by atoms with Crippen LogP contribution in [-0.4, -0.2) is 37.0 Å². The second kappa shape index (κ2) is 5.71. The third-order valence-electron chi connectivity index (χ3n) is 2.78. The Hall–Kier alpha value is -0.280. The molecule has 90 valence electrons. The molecule has 1 atom stereocenters. The van der Waals surface area contributed by atoms with Crippen molar-refractivity contribution in [1.29, 1.82) is 0 Å². The lowest BCUT2D eigenvalue weighted by Crippen LogP contribution is -2.49. The van der Waals surface area contributed by atoms with Crippen LogP contribution in [0.5, 0.6) is 0 Å². The molecule has 1 aliphatic rings. The molecule has 0 saturated carbocycles. The van der Waals surface area contributed by atoms with Crippen molar-refractivity contribution < 1.29 is 4.79 Å². The fourth-order valence-corrected chi connectivity index (χ4v) is 1.86. The van der Waals surface area contributed by atoms with Gasteiger partial charge in [-0.25, -0.2) is 0 Å². The number of piperidine rings is 1. The van der Waals surface area contributed by atoms with Crippen molar-refractivity contribution in [2.75, 3.05) is 20.1 Å². The van der Waals surface area contributed by atoms with Crippen molar-refractivity contribution in [2.45, 2.75) is 39.7 Å². The molecular formula is C11H23ClN2O. The molecule has 3 nitrogen and oxygen atoms in total. The lowest BCUT2D eigenvalue weighted by Gasteiger charge is -2.35. The molecule has 0 aromatic rings. The predicted molar refractivity (Wildman–Crippen MR) is 65.4 cm³/mol. The van der Waals surface area contributed by atoms with Crippen molar-refractivity contribution in [3.63, 3.8) is 0 Å². The summed E-state index contributed by atoms with van der Waals surface area (Å²) in [5.41, 5.74) is -0.258. The minimum Gasteiger partial charge on any atom is -0.341 e. The molecule has 0 bridgehead atoms. The number of amides is 1. The largest absolute Gasteiger partial charge is 0.341 e. The van der Waals surface area contributed by atoms with Gasteiger partial charge in [0.05, 0.1) is 0 Å². The van der Waals surface area contributed by atoms with E-state index in [-0.39, 0.29) is 23.7 Å². The zero-order valence-electron chi connectivity index (χ0n) is 10.2. The second-order valence-electron chi connectivity index (χ2n) is 5.17. The number of carbonyl (C=O) groups is 1. The highest BCUT2D eigenvalue weighted by atomic mass is 35.5. The highest BCUT2D eigenvalue weighted by Gasteiger charge is 2.29. The molecule has 0 radical (unpaired) electrons. The normalized spacial score (nSPS) is 21.7. The van der Waals surface area contributed by atoms with Gasteiger partial charge >= 0.3 is 0 Å². The van der Waals surface area contributed by atoms with E-state index in [0.717, 1.165) is 19.5 Å². The fourth-order valence-electron chi connectivity index (χ4n) is 1.86. The average Bonchev–Trinajstić information content (AvgIpc) is 2.15. The first-order valence-corrected chi connectivity index (χ1v) is 5.41. The molecule has 15 heavy (non-hydrogen) atoms. The van der Waals surface area contributed by atoms with E-state index in [1.165, 1.54) is 6.42 Å². The second-order valence-corrected chi connectivity index (χ2v) is 5.17. The third kappa shape index (κ3) is 3.99. The van der Waals surface area contributed by atoms with Crippen LogP contribution in [-0.2, 0) is 4.79 Å². The van der Waals surface area contributed by atoms with Gasteiger partial charge in [-0.2, -0.15) is 0 Å². The van der Waals surface area contributed by atoms with E-state index in [9.17, 15) is 4.79 Å². The van der Waals surface area contributed by atoms with Gasteiger partial charge in [-0.3, -0.25) is 4.79 Å². The quantitative estimate of drug-likeness (QED) is 0.749. The molecule has 1 fully saturated rings. The van der Waals surface area contributed by atoms with Gasteiger partial charge in [-0.1, -0.05) is 20.8 Å². The van der Waals surface area contributed by atoms with Crippen LogP contribution in [0, 0.1) is 5.41 Å². The maximum atomic E-state index is 12.0. The van der Waals surface area contributed by atoms with Crippen LogP contribution in [0.1, 0.15) is 33.6 Å². The Labute approximate surface area is 99.0 Å². The number of nitrogens with zero attached hydrogens (tertiary/aromatic N) is 1. The maximum Gasteiger partial charge on any atom is 0.227 e. The van der Waals surface area contributed by atoms with E-state index in [0.29, 0.717) is 6.04 Å². The topological polar surface area (TPSA) is 32.3 Å². The standard InChI is InChI=1S/C11H22N2O.ClH/c1-11(2,3)10(14)13(4)9-6-5-7-12-8-9;/h9,12H,5-8H2,1-4H3;1H. The van der Waals surface area contributed by atoms with Gasteiger partial charge in [0.2, 0.25) is 5.91 Å². The first kappa shape index (κ1) is 14.7. The molecule has 1 rings (SSSR count). The number of carbonyl (C=O) groups excluding carboxylic acids is 1. The summed E-state index contributed by atoms with van der Waals surface area (Å²) in [6.45, 7) is 7.96. The van der Waals surface area contributed by atoms with Crippen molar-refractivity contribution in [1.82, 2.24) is 10.2 Å². The number of rotatable bonds is 1. The molecule has 1 heterocycles. The zero-order chi connectivity index (χ0) is 10.8. The summed E-state index contributed by atoms with van der Waals surface area (Å²) in [5, 5.41) is 3.33. The van der Waals surface area contributed by atoms with Crippen LogP contribution in [0.25, 0.3) is 0 Å². The van der Waals surface area contributed by atoms with Crippen molar-refractivity contribution in [2.24, 2.45) is 5.41 Å². The van der Waals surface area contributed by atoms with E-state index in [2.05, 4.69) is 5.32 Å². The minimum atomic E-state index is -0.258. The van der Waals surface area contributed by atoms with E-state index < -0.39 is 0 Å². The Morgan fingerprint density at radius 1 is 1.40 bits per heavy atom. The molecule has 1 N–H and O–H groups in total. The maximum absolute atomic E-state index is 12.0. The zero-order valence-corrected chi connectivity index (χ0v) is 11.0. The highest BCUT2D eigenvalue weighted by Crippen LogP contribution is 2.19. The highest BCUT2D eigenvalue weighted by molar-refractivity contribution is 5.85. The number of likely N-dealkylation sites (N-methyl/N-ethyl adjacent to an activating group) is 1. The van der Waals surface area contributed by atoms with Crippen LogP contribution in [0.15, 0.2) is 0 Å². The Morgan fingerprint density at radius 3 is 2.40 bits per heavy atom. The monoisotopic (exact) mass is 234 g/mol. The number of hydrogen-bond donors (Lipinski definition) is 1. The predicted octanol–water partition coefficient (Wildman–Crippen LogP) is 1.66. The van der Waals surface area contributed by atoms with Gasteiger partial charge in [0.15, 0.2) is 0 Å². The fraction of sp³-hybridized carbons (Fsp3) is 0.909. The molecule has 1 saturated heterocycles.